The number of carbonyl (C=O) groups is 1. The van der Waals surface area contributed by atoms with Crippen molar-refractivity contribution in [2.75, 3.05) is 13.1 Å². The minimum Gasteiger partial charge on any atom is -0.348 e. The molecule has 0 radical (unpaired) electrons. The fourth-order valence-electron chi connectivity index (χ4n) is 4.84. The van der Waals surface area contributed by atoms with E-state index in [0.717, 1.165) is 43.8 Å². The molecule has 0 aromatic heterocycles. The molecule has 2 aromatic rings. The lowest BCUT2D eigenvalue weighted by molar-refractivity contribution is 0.0862. The van der Waals surface area contributed by atoms with E-state index >= 15 is 0 Å². The van der Waals surface area contributed by atoms with Crippen molar-refractivity contribution in [1.82, 2.24) is 10.2 Å². The van der Waals surface area contributed by atoms with Gasteiger partial charge in [-0.05, 0) is 99.5 Å². The summed E-state index contributed by atoms with van der Waals surface area (Å²) in [6, 6.07) is 14.6. The molecule has 1 heterocycles. The van der Waals surface area contributed by atoms with Gasteiger partial charge in [-0.1, -0.05) is 23.7 Å². The maximum Gasteiger partial charge on any atom is 0.251 e. The summed E-state index contributed by atoms with van der Waals surface area (Å²) >= 11 is 5.99. The minimum atomic E-state index is -0.318. The van der Waals surface area contributed by atoms with Crippen molar-refractivity contribution in [2.45, 2.75) is 50.6 Å². The number of hydrogen-bond acceptors (Lipinski definition) is 2. The number of nitrogens with zero attached hydrogens (tertiary/aromatic N) is 1. The van der Waals surface area contributed by atoms with Crippen molar-refractivity contribution in [2.24, 2.45) is 5.92 Å². The average molecular weight is 415 g/mol. The van der Waals surface area contributed by atoms with Crippen LogP contribution in [-0.2, 0) is 6.42 Å². The van der Waals surface area contributed by atoms with E-state index in [9.17, 15) is 9.18 Å². The Labute approximate surface area is 177 Å². The van der Waals surface area contributed by atoms with Crippen LogP contribution in [0.5, 0.6) is 0 Å². The van der Waals surface area contributed by atoms with Crippen LogP contribution >= 0.6 is 11.6 Å². The van der Waals surface area contributed by atoms with Crippen molar-refractivity contribution >= 4 is 17.5 Å². The van der Waals surface area contributed by atoms with Gasteiger partial charge < -0.3 is 5.32 Å². The van der Waals surface area contributed by atoms with Gasteiger partial charge in [0.15, 0.2) is 0 Å². The first-order chi connectivity index (χ1) is 14.1. The molecular weight excluding hydrogens is 387 g/mol. The third-order valence-corrected chi connectivity index (χ3v) is 6.71. The van der Waals surface area contributed by atoms with Crippen LogP contribution in [-0.4, -0.2) is 36.0 Å². The molecule has 4 rings (SSSR count). The number of amides is 1. The SMILES string of the molecule is O=C(NC1CCCC1N1CCC(Cc2ccc(Cl)cc2)CC1)c1ccc(F)cc1. The van der Waals surface area contributed by atoms with E-state index in [-0.39, 0.29) is 17.8 Å². The number of piperidine rings is 1. The van der Waals surface area contributed by atoms with E-state index in [4.69, 9.17) is 11.6 Å². The van der Waals surface area contributed by atoms with Gasteiger partial charge in [0.05, 0.1) is 0 Å². The maximum atomic E-state index is 13.1. The third-order valence-electron chi connectivity index (χ3n) is 6.46. The zero-order chi connectivity index (χ0) is 20.2. The Kier molecular flexibility index (Phi) is 6.51. The number of rotatable bonds is 5. The van der Waals surface area contributed by atoms with E-state index in [1.54, 1.807) is 12.1 Å². The first kappa shape index (κ1) is 20.4. The average Bonchev–Trinajstić information content (AvgIpc) is 3.19. The van der Waals surface area contributed by atoms with Crippen LogP contribution in [0, 0.1) is 11.7 Å². The number of benzene rings is 2. The largest absolute Gasteiger partial charge is 0.348 e. The van der Waals surface area contributed by atoms with Crippen LogP contribution in [0.3, 0.4) is 0 Å². The lowest BCUT2D eigenvalue weighted by Crippen LogP contribution is -2.51. The Morgan fingerprint density at radius 3 is 2.38 bits per heavy atom. The first-order valence-electron chi connectivity index (χ1n) is 10.6. The standard InChI is InChI=1S/C24H28ClFN2O/c25-20-8-4-17(5-9-20)16-18-12-14-28(15-13-18)23-3-1-2-22(23)27-24(29)19-6-10-21(26)11-7-19/h4-11,18,22-23H,1-3,12-16H2,(H,27,29). The van der Waals surface area contributed by atoms with Gasteiger partial charge in [-0.25, -0.2) is 4.39 Å². The Hall–Kier alpha value is -1.91. The molecule has 2 fully saturated rings. The van der Waals surface area contributed by atoms with E-state index in [1.807, 2.05) is 12.1 Å². The number of hydrogen-bond donors (Lipinski definition) is 1. The van der Waals surface area contributed by atoms with Gasteiger partial charge in [0.2, 0.25) is 0 Å². The summed E-state index contributed by atoms with van der Waals surface area (Å²) in [5.74, 6) is 0.294. The van der Waals surface area contributed by atoms with E-state index in [0.29, 0.717) is 17.5 Å². The second kappa shape index (κ2) is 9.27. The molecular formula is C24H28ClFN2O. The van der Waals surface area contributed by atoms with Gasteiger partial charge in [-0.2, -0.15) is 0 Å². The molecule has 2 aliphatic rings. The molecule has 2 atom stereocenters. The van der Waals surface area contributed by atoms with Crippen LogP contribution in [0.15, 0.2) is 48.5 Å². The van der Waals surface area contributed by atoms with Crippen molar-refractivity contribution in [3.8, 4) is 0 Å². The molecule has 154 valence electrons. The summed E-state index contributed by atoms with van der Waals surface area (Å²) in [6.45, 7) is 2.18. The zero-order valence-electron chi connectivity index (χ0n) is 16.6. The monoisotopic (exact) mass is 414 g/mol. The van der Waals surface area contributed by atoms with Crippen LogP contribution in [0.2, 0.25) is 5.02 Å². The van der Waals surface area contributed by atoms with Crippen molar-refractivity contribution < 1.29 is 9.18 Å². The molecule has 1 saturated carbocycles. The highest BCUT2D eigenvalue weighted by Gasteiger charge is 2.35. The van der Waals surface area contributed by atoms with Gasteiger partial charge >= 0.3 is 0 Å². The third kappa shape index (κ3) is 5.18. The quantitative estimate of drug-likeness (QED) is 0.739. The molecule has 1 amide bonds. The molecule has 0 bridgehead atoms. The molecule has 1 aliphatic carbocycles. The Bertz CT molecular complexity index is 816. The van der Waals surface area contributed by atoms with Crippen LogP contribution in [0.1, 0.15) is 48.0 Å². The Morgan fingerprint density at radius 2 is 1.69 bits per heavy atom. The normalized spacial score (nSPS) is 23.2. The molecule has 2 unspecified atom stereocenters. The minimum absolute atomic E-state index is 0.0977. The number of halogens is 2. The number of carbonyl (C=O) groups excluding carboxylic acids is 1. The predicted molar refractivity (Wildman–Crippen MR) is 115 cm³/mol. The van der Waals surface area contributed by atoms with E-state index < -0.39 is 0 Å². The second-order valence-corrected chi connectivity index (χ2v) is 8.83. The zero-order valence-corrected chi connectivity index (χ0v) is 17.4. The summed E-state index contributed by atoms with van der Waals surface area (Å²) < 4.78 is 13.1. The molecule has 1 saturated heterocycles. The van der Waals surface area contributed by atoms with E-state index in [1.165, 1.54) is 30.5 Å². The predicted octanol–water partition coefficient (Wildman–Crippen LogP) is 5.08. The fraction of sp³-hybridized carbons (Fsp3) is 0.458. The topological polar surface area (TPSA) is 32.3 Å². The number of likely N-dealkylation sites (tertiary alicyclic amines) is 1. The summed E-state index contributed by atoms with van der Waals surface area (Å²) in [5.41, 5.74) is 1.89. The molecule has 29 heavy (non-hydrogen) atoms. The number of nitrogens with one attached hydrogen (secondary N) is 1. The fourth-order valence-corrected chi connectivity index (χ4v) is 4.97. The lowest BCUT2D eigenvalue weighted by Gasteiger charge is -2.38. The summed E-state index contributed by atoms with van der Waals surface area (Å²) in [5, 5.41) is 3.99. The molecule has 2 aromatic carbocycles. The summed E-state index contributed by atoms with van der Waals surface area (Å²) in [4.78, 5) is 15.1. The smallest absolute Gasteiger partial charge is 0.251 e. The van der Waals surface area contributed by atoms with Crippen molar-refractivity contribution in [1.29, 1.82) is 0 Å². The summed E-state index contributed by atoms with van der Waals surface area (Å²) in [7, 11) is 0. The molecule has 1 aliphatic heterocycles. The van der Waals surface area contributed by atoms with Gasteiger partial charge in [-0.15, -0.1) is 0 Å². The molecule has 0 spiro atoms. The van der Waals surface area contributed by atoms with E-state index in [2.05, 4.69) is 22.3 Å². The van der Waals surface area contributed by atoms with Crippen LogP contribution in [0.25, 0.3) is 0 Å². The van der Waals surface area contributed by atoms with Crippen LogP contribution < -0.4 is 5.32 Å². The summed E-state index contributed by atoms with van der Waals surface area (Å²) in [6.07, 6.45) is 6.79. The van der Waals surface area contributed by atoms with Crippen molar-refractivity contribution in [3.63, 3.8) is 0 Å². The highest BCUT2D eigenvalue weighted by molar-refractivity contribution is 6.30. The second-order valence-electron chi connectivity index (χ2n) is 8.40. The van der Waals surface area contributed by atoms with Crippen LogP contribution in [0.4, 0.5) is 4.39 Å². The van der Waals surface area contributed by atoms with Gasteiger partial charge in [0.1, 0.15) is 5.82 Å². The lowest BCUT2D eigenvalue weighted by atomic mass is 9.89. The van der Waals surface area contributed by atoms with Gasteiger partial charge in [0, 0.05) is 22.7 Å². The molecule has 5 heteroatoms. The highest BCUT2D eigenvalue weighted by Crippen LogP contribution is 2.30. The Morgan fingerprint density at radius 1 is 1.00 bits per heavy atom. The highest BCUT2D eigenvalue weighted by atomic mass is 35.5. The Balaban J connectivity index is 1.30. The maximum absolute atomic E-state index is 13.1. The molecule has 1 N–H and O–H groups in total. The van der Waals surface area contributed by atoms with Gasteiger partial charge in [-0.3, -0.25) is 9.69 Å². The molecule has 3 nitrogen and oxygen atoms in total. The first-order valence-corrected chi connectivity index (χ1v) is 11.0. The van der Waals surface area contributed by atoms with Gasteiger partial charge in [0.25, 0.3) is 5.91 Å². The van der Waals surface area contributed by atoms with Crippen molar-refractivity contribution in [3.05, 3.63) is 70.5 Å².